The number of rotatable bonds is 5. The van der Waals surface area contributed by atoms with E-state index in [2.05, 4.69) is 15.9 Å². The van der Waals surface area contributed by atoms with Crippen LogP contribution in [0.4, 0.5) is 0 Å². The molecule has 1 aromatic rings. The van der Waals surface area contributed by atoms with Gasteiger partial charge in [0.25, 0.3) is 0 Å². The predicted molar refractivity (Wildman–Crippen MR) is 73.9 cm³/mol. The Kier molecular flexibility index (Phi) is 4.76. The summed E-state index contributed by atoms with van der Waals surface area (Å²) >= 11 is 3.42. The molecular formula is C13H18BrNO3. The molecular weight excluding hydrogens is 298 g/mol. The second-order valence-electron chi connectivity index (χ2n) is 4.69. The van der Waals surface area contributed by atoms with Crippen molar-refractivity contribution in [2.75, 3.05) is 14.2 Å². The molecule has 0 aromatic heterocycles. The molecule has 100 valence electrons. The second kappa shape index (κ2) is 5.71. The van der Waals surface area contributed by atoms with Crippen LogP contribution in [0, 0.1) is 0 Å². The summed E-state index contributed by atoms with van der Waals surface area (Å²) in [5.74, 6) is -0.0727. The van der Waals surface area contributed by atoms with Crippen LogP contribution in [0.25, 0.3) is 0 Å². The van der Waals surface area contributed by atoms with Crippen molar-refractivity contribution in [3.05, 3.63) is 28.2 Å². The van der Waals surface area contributed by atoms with Crippen LogP contribution in [0.2, 0.25) is 0 Å². The van der Waals surface area contributed by atoms with Gasteiger partial charge >= 0.3 is 5.97 Å². The average Bonchev–Trinajstić information content (AvgIpc) is 2.28. The molecule has 0 spiro atoms. The van der Waals surface area contributed by atoms with Crippen LogP contribution in [-0.2, 0) is 11.3 Å². The first-order valence-corrected chi connectivity index (χ1v) is 6.35. The van der Waals surface area contributed by atoms with Crippen molar-refractivity contribution in [3.63, 3.8) is 0 Å². The van der Waals surface area contributed by atoms with Crippen molar-refractivity contribution in [2.24, 2.45) is 0 Å². The first-order valence-electron chi connectivity index (χ1n) is 5.56. The van der Waals surface area contributed by atoms with Gasteiger partial charge in [-0.05, 0) is 54.5 Å². The van der Waals surface area contributed by atoms with Gasteiger partial charge in [-0.15, -0.1) is 0 Å². The van der Waals surface area contributed by atoms with E-state index < -0.39 is 11.5 Å². The number of likely N-dealkylation sites (N-methyl/N-ethyl adjacent to an activating group) is 1. The molecule has 1 N–H and O–H groups in total. The molecule has 0 aliphatic carbocycles. The lowest BCUT2D eigenvalue weighted by Crippen LogP contribution is -2.47. The fraction of sp³-hybridized carbons (Fsp3) is 0.462. The van der Waals surface area contributed by atoms with Gasteiger partial charge in [-0.2, -0.15) is 0 Å². The lowest BCUT2D eigenvalue weighted by Gasteiger charge is -2.31. The molecule has 0 aliphatic rings. The van der Waals surface area contributed by atoms with Gasteiger partial charge < -0.3 is 9.84 Å². The van der Waals surface area contributed by atoms with E-state index in [1.165, 1.54) is 0 Å². The van der Waals surface area contributed by atoms with E-state index in [0.29, 0.717) is 6.54 Å². The summed E-state index contributed by atoms with van der Waals surface area (Å²) in [7, 11) is 3.41. The minimum Gasteiger partial charge on any atom is -0.496 e. The molecule has 0 atom stereocenters. The summed E-state index contributed by atoms with van der Waals surface area (Å²) < 4.78 is 6.02. The number of halogens is 1. The number of benzene rings is 1. The normalized spacial score (nSPS) is 11.7. The Morgan fingerprint density at radius 2 is 2.11 bits per heavy atom. The van der Waals surface area contributed by atoms with E-state index in [4.69, 9.17) is 9.84 Å². The Hall–Kier alpha value is -1.07. The molecule has 4 nitrogen and oxygen atoms in total. The first-order chi connectivity index (χ1) is 8.28. The van der Waals surface area contributed by atoms with Gasteiger partial charge in [0.2, 0.25) is 0 Å². The van der Waals surface area contributed by atoms with Crippen molar-refractivity contribution in [1.82, 2.24) is 4.90 Å². The van der Waals surface area contributed by atoms with Gasteiger partial charge in [-0.3, -0.25) is 9.69 Å². The Morgan fingerprint density at radius 3 is 2.56 bits per heavy atom. The number of carboxylic acids is 1. The minimum atomic E-state index is -0.896. The zero-order valence-electron chi connectivity index (χ0n) is 11.0. The number of carbonyl (C=O) groups is 1. The first kappa shape index (κ1) is 15.0. The Balaban J connectivity index is 2.85. The minimum absolute atomic E-state index is 0.557. The molecule has 1 aromatic carbocycles. The molecule has 0 bridgehead atoms. The summed E-state index contributed by atoms with van der Waals surface area (Å²) in [5.41, 5.74) is 0.131. The van der Waals surface area contributed by atoms with E-state index in [1.807, 2.05) is 18.2 Å². The van der Waals surface area contributed by atoms with Crippen LogP contribution in [0.3, 0.4) is 0 Å². The van der Waals surface area contributed by atoms with Crippen LogP contribution < -0.4 is 4.74 Å². The molecule has 0 saturated carbocycles. The number of hydrogen-bond acceptors (Lipinski definition) is 3. The quantitative estimate of drug-likeness (QED) is 0.907. The Morgan fingerprint density at radius 1 is 1.50 bits per heavy atom. The van der Waals surface area contributed by atoms with E-state index in [-0.39, 0.29) is 0 Å². The molecule has 0 saturated heterocycles. The molecule has 1 rings (SSSR count). The maximum Gasteiger partial charge on any atom is 0.323 e. The average molecular weight is 316 g/mol. The van der Waals surface area contributed by atoms with Crippen molar-refractivity contribution in [1.29, 1.82) is 0 Å². The number of ether oxygens (including phenoxy) is 1. The highest BCUT2D eigenvalue weighted by molar-refractivity contribution is 9.10. The van der Waals surface area contributed by atoms with E-state index in [0.717, 1.165) is 15.8 Å². The zero-order valence-corrected chi connectivity index (χ0v) is 12.6. The van der Waals surface area contributed by atoms with Gasteiger partial charge in [0.05, 0.1) is 11.6 Å². The fourth-order valence-corrected chi connectivity index (χ4v) is 2.03. The van der Waals surface area contributed by atoms with Crippen LogP contribution in [0.1, 0.15) is 19.4 Å². The van der Waals surface area contributed by atoms with Gasteiger partial charge in [-0.25, -0.2) is 0 Å². The Labute approximate surface area is 116 Å². The summed E-state index contributed by atoms with van der Waals surface area (Å²) in [5, 5.41) is 9.16. The lowest BCUT2D eigenvalue weighted by molar-refractivity contribution is -0.148. The van der Waals surface area contributed by atoms with Crippen molar-refractivity contribution in [3.8, 4) is 5.75 Å². The third kappa shape index (κ3) is 3.23. The van der Waals surface area contributed by atoms with Gasteiger partial charge in [0.15, 0.2) is 0 Å². The zero-order chi connectivity index (χ0) is 13.9. The molecule has 0 aliphatic heterocycles. The largest absolute Gasteiger partial charge is 0.496 e. The fourth-order valence-electron chi connectivity index (χ4n) is 1.44. The maximum absolute atomic E-state index is 11.1. The van der Waals surface area contributed by atoms with E-state index in [9.17, 15) is 4.79 Å². The molecule has 0 heterocycles. The van der Waals surface area contributed by atoms with Crippen molar-refractivity contribution < 1.29 is 14.6 Å². The SMILES string of the molecule is COc1ccc(CN(C)C(C)(C)C(=O)O)cc1Br. The number of hydrogen-bond donors (Lipinski definition) is 1. The third-order valence-corrected chi connectivity index (χ3v) is 3.73. The highest BCUT2D eigenvalue weighted by atomic mass is 79.9. The van der Waals surface area contributed by atoms with Crippen molar-refractivity contribution in [2.45, 2.75) is 25.9 Å². The Bertz CT molecular complexity index is 446. The summed E-state index contributed by atoms with van der Waals surface area (Å²) in [6.07, 6.45) is 0. The molecule has 0 radical (unpaired) electrons. The summed E-state index contributed by atoms with van der Waals surface area (Å²) in [4.78, 5) is 12.9. The van der Waals surface area contributed by atoms with E-state index in [1.54, 1.807) is 32.9 Å². The summed E-state index contributed by atoms with van der Waals surface area (Å²) in [6, 6.07) is 5.73. The van der Waals surface area contributed by atoms with Gasteiger partial charge in [-0.1, -0.05) is 6.07 Å². The van der Waals surface area contributed by atoms with Crippen molar-refractivity contribution >= 4 is 21.9 Å². The van der Waals surface area contributed by atoms with Crippen LogP contribution in [0.15, 0.2) is 22.7 Å². The number of nitrogens with zero attached hydrogens (tertiary/aromatic N) is 1. The van der Waals surface area contributed by atoms with E-state index >= 15 is 0 Å². The summed E-state index contributed by atoms with van der Waals surface area (Å²) in [6.45, 7) is 3.93. The molecule has 0 fully saturated rings. The molecule has 18 heavy (non-hydrogen) atoms. The molecule has 0 amide bonds. The van der Waals surface area contributed by atoms with Crippen LogP contribution in [-0.4, -0.2) is 35.7 Å². The monoisotopic (exact) mass is 315 g/mol. The lowest BCUT2D eigenvalue weighted by atomic mass is 10.0. The molecule has 5 heteroatoms. The smallest absolute Gasteiger partial charge is 0.323 e. The molecule has 0 unspecified atom stereocenters. The van der Waals surface area contributed by atoms with Crippen LogP contribution in [0.5, 0.6) is 5.75 Å². The highest BCUT2D eigenvalue weighted by Crippen LogP contribution is 2.26. The van der Waals surface area contributed by atoms with Gasteiger partial charge in [0, 0.05) is 6.54 Å². The third-order valence-electron chi connectivity index (χ3n) is 3.11. The highest BCUT2D eigenvalue weighted by Gasteiger charge is 2.31. The number of methoxy groups -OCH3 is 1. The predicted octanol–water partition coefficient (Wildman–Crippen LogP) is 2.75. The standard InChI is InChI=1S/C13H18BrNO3/c1-13(2,12(16)17)15(3)8-9-5-6-11(18-4)10(14)7-9/h5-7H,8H2,1-4H3,(H,16,17). The second-order valence-corrected chi connectivity index (χ2v) is 5.54. The maximum atomic E-state index is 11.1. The van der Waals surface area contributed by atoms with Crippen LogP contribution >= 0.6 is 15.9 Å². The topological polar surface area (TPSA) is 49.8 Å². The number of aliphatic carboxylic acids is 1. The number of carboxylic acid groups (broad SMARTS) is 1. The van der Waals surface area contributed by atoms with Gasteiger partial charge in [0.1, 0.15) is 11.3 Å².